The van der Waals surface area contributed by atoms with Gasteiger partial charge in [0.25, 0.3) is 5.91 Å². The third-order valence-electron chi connectivity index (χ3n) is 3.92. The van der Waals surface area contributed by atoms with Gasteiger partial charge in [-0.05, 0) is 36.8 Å². The number of aryl methyl sites for hydroxylation is 1. The summed E-state index contributed by atoms with van der Waals surface area (Å²) in [6, 6.07) is 11.3. The molecular formula is C19H19BrN2O3S. The molecule has 7 heteroatoms. The van der Waals surface area contributed by atoms with Crippen molar-refractivity contribution >= 4 is 43.4 Å². The molecule has 2 aromatic carbocycles. The first-order valence-corrected chi connectivity index (χ1v) is 9.79. The molecule has 26 heavy (non-hydrogen) atoms. The number of aromatic nitrogens is 1. The number of benzene rings is 2. The van der Waals surface area contributed by atoms with Gasteiger partial charge >= 0.3 is 0 Å². The van der Waals surface area contributed by atoms with E-state index in [9.17, 15) is 4.79 Å². The van der Waals surface area contributed by atoms with Crippen LogP contribution >= 0.6 is 27.3 Å². The number of hydrogen-bond donors (Lipinski definition) is 0. The van der Waals surface area contributed by atoms with Crippen molar-refractivity contribution in [1.82, 2.24) is 4.57 Å². The lowest BCUT2D eigenvalue weighted by molar-refractivity contribution is 0.0994. The Bertz CT molecular complexity index is 1020. The second-order valence-corrected chi connectivity index (χ2v) is 7.53. The Morgan fingerprint density at radius 1 is 1.23 bits per heavy atom. The van der Waals surface area contributed by atoms with Gasteiger partial charge in [-0.15, -0.1) is 0 Å². The Labute approximate surface area is 164 Å². The predicted molar refractivity (Wildman–Crippen MR) is 107 cm³/mol. The minimum Gasteiger partial charge on any atom is -0.493 e. The molecule has 0 saturated heterocycles. The zero-order valence-electron chi connectivity index (χ0n) is 14.8. The van der Waals surface area contributed by atoms with Crippen molar-refractivity contribution in [3.8, 4) is 11.5 Å². The van der Waals surface area contributed by atoms with E-state index in [-0.39, 0.29) is 5.91 Å². The first kappa shape index (κ1) is 18.7. The van der Waals surface area contributed by atoms with Crippen LogP contribution in [-0.4, -0.2) is 24.7 Å². The number of ether oxygens (including phenoxy) is 2. The minimum atomic E-state index is -0.351. The van der Waals surface area contributed by atoms with Gasteiger partial charge in [0.05, 0.1) is 30.0 Å². The maximum atomic E-state index is 12.8. The summed E-state index contributed by atoms with van der Waals surface area (Å²) in [5, 5.41) is 0. The molecule has 0 N–H and O–H groups in total. The fraction of sp³-hybridized carbons (Fsp3) is 0.263. The molecule has 136 valence electrons. The summed E-state index contributed by atoms with van der Waals surface area (Å²) < 4.78 is 14.8. The second kappa shape index (κ2) is 8.05. The molecule has 0 saturated carbocycles. The van der Waals surface area contributed by atoms with Crippen LogP contribution in [0.15, 0.2) is 45.9 Å². The van der Waals surface area contributed by atoms with Crippen LogP contribution < -0.4 is 14.3 Å². The van der Waals surface area contributed by atoms with Crippen molar-refractivity contribution in [3.05, 3.63) is 51.2 Å². The van der Waals surface area contributed by atoms with Gasteiger partial charge in [-0.1, -0.05) is 40.3 Å². The minimum absolute atomic E-state index is 0.351. The first-order valence-electron chi connectivity index (χ1n) is 8.18. The van der Waals surface area contributed by atoms with E-state index in [1.165, 1.54) is 18.4 Å². The summed E-state index contributed by atoms with van der Waals surface area (Å²) >= 11 is 4.99. The monoisotopic (exact) mass is 434 g/mol. The Balaban J connectivity index is 2.16. The van der Waals surface area contributed by atoms with Gasteiger partial charge in [0.2, 0.25) is 0 Å². The van der Waals surface area contributed by atoms with Crippen molar-refractivity contribution in [2.24, 2.45) is 4.99 Å². The molecular weight excluding hydrogens is 416 g/mol. The van der Waals surface area contributed by atoms with E-state index in [1.54, 1.807) is 25.3 Å². The van der Waals surface area contributed by atoms with Gasteiger partial charge in [-0.2, -0.15) is 4.99 Å². The highest BCUT2D eigenvalue weighted by Gasteiger charge is 2.16. The number of nitrogens with zero attached hydrogens (tertiary/aromatic N) is 2. The number of rotatable bonds is 5. The van der Waals surface area contributed by atoms with E-state index in [0.29, 0.717) is 21.9 Å². The molecule has 0 aliphatic heterocycles. The number of fused-ring (bicyclic) bond motifs is 1. The Morgan fingerprint density at radius 2 is 2.04 bits per heavy atom. The van der Waals surface area contributed by atoms with Crippen molar-refractivity contribution in [3.63, 3.8) is 0 Å². The Hall–Kier alpha value is -2.12. The quantitative estimate of drug-likeness (QED) is 0.587. The van der Waals surface area contributed by atoms with Crippen LogP contribution in [0.2, 0.25) is 0 Å². The number of para-hydroxylation sites is 1. The average molecular weight is 435 g/mol. The summed E-state index contributed by atoms with van der Waals surface area (Å²) in [6.45, 7) is 2.90. The number of hydrogen-bond acceptors (Lipinski definition) is 4. The van der Waals surface area contributed by atoms with Crippen LogP contribution in [0.5, 0.6) is 11.5 Å². The van der Waals surface area contributed by atoms with E-state index in [1.807, 2.05) is 18.2 Å². The lowest BCUT2D eigenvalue weighted by atomic mass is 10.2. The summed E-state index contributed by atoms with van der Waals surface area (Å²) in [5.41, 5.74) is 1.46. The molecule has 5 nitrogen and oxygen atoms in total. The lowest BCUT2D eigenvalue weighted by Crippen LogP contribution is -2.17. The number of carbonyl (C=O) groups excluding carboxylic acids is 1. The van der Waals surface area contributed by atoms with Crippen molar-refractivity contribution in [2.75, 3.05) is 14.2 Å². The van der Waals surface area contributed by atoms with Crippen LogP contribution in [0.25, 0.3) is 10.2 Å². The number of methoxy groups -OCH3 is 2. The maximum absolute atomic E-state index is 12.8. The molecule has 0 fully saturated rings. The lowest BCUT2D eigenvalue weighted by Gasteiger charge is -2.10. The highest BCUT2D eigenvalue weighted by Crippen LogP contribution is 2.31. The van der Waals surface area contributed by atoms with Gasteiger partial charge in [-0.25, -0.2) is 0 Å². The molecule has 0 bridgehead atoms. The summed E-state index contributed by atoms with van der Waals surface area (Å²) in [5.74, 6) is 0.557. The third kappa shape index (κ3) is 3.54. The standard InChI is InChI=1S/C19H19BrN2O3S/c1-4-10-22-14-9-8-12(20)11-16(14)26-19(22)21-18(23)13-6-5-7-15(24-2)17(13)25-3/h5-9,11H,4,10H2,1-3H3. The van der Waals surface area contributed by atoms with Gasteiger partial charge in [0.15, 0.2) is 16.3 Å². The molecule has 0 unspecified atom stereocenters. The van der Waals surface area contributed by atoms with Crippen molar-refractivity contribution in [2.45, 2.75) is 19.9 Å². The third-order valence-corrected chi connectivity index (χ3v) is 5.46. The summed E-state index contributed by atoms with van der Waals surface area (Å²) in [6.07, 6.45) is 0.950. The van der Waals surface area contributed by atoms with Crippen molar-refractivity contribution in [1.29, 1.82) is 0 Å². The van der Waals surface area contributed by atoms with E-state index in [4.69, 9.17) is 9.47 Å². The second-order valence-electron chi connectivity index (χ2n) is 5.61. The van der Waals surface area contributed by atoms with Gasteiger partial charge in [-0.3, -0.25) is 4.79 Å². The largest absolute Gasteiger partial charge is 0.493 e. The topological polar surface area (TPSA) is 52.8 Å². The SMILES string of the molecule is CCCn1c(=NC(=O)c2cccc(OC)c2OC)sc2cc(Br)ccc21. The van der Waals surface area contributed by atoms with Crippen LogP contribution in [0.4, 0.5) is 0 Å². The molecule has 0 aliphatic rings. The van der Waals surface area contributed by atoms with E-state index in [0.717, 1.165) is 27.7 Å². The predicted octanol–water partition coefficient (Wildman–Crippen LogP) is 4.63. The Morgan fingerprint density at radius 3 is 2.73 bits per heavy atom. The van der Waals surface area contributed by atoms with E-state index < -0.39 is 0 Å². The fourth-order valence-electron chi connectivity index (χ4n) is 2.77. The van der Waals surface area contributed by atoms with Crippen LogP contribution in [0.1, 0.15) is 23.7 Å². The normalized spacial score (nSPS) is 11.8. The molecule has 3 aromatic rings. The number of carbonyl (C=O) groups is 1. The number of halogens is 1. The summed E-state index contributed by atoms with van der Waals surface area (Å²) in [7, 11) is 3.06. The Kier molecular flexibility index (Phi) is 5.78. The average Bonchev–Trinajstić information content (AvgIpc) is 2.97. The molecule has 3 rings (SSSR count). The van der Waals surface area contributed by atoms with E-state index in [2.05, 4.69) is 32.4 Å². The van der Waals surface area contributed by atoms with E-state index >= 15 is 0 Å². The molecule has 1 heterocycles. The van der Waals surface area contributed by atoms with Crippen LogP contribution in [0, 0.1) is 0 Å². The fourth-order valence-corrected chi connectivity index (χ4v) is 4.38. The van der Waals surface area contributed by atoms with Gasteiger partial charge in [0.1, 0.15) is 0 Å². The van der Waals surface area contributed by atoms with Crippen molar-refractivity contribution < 1.29 is 14.3 Å². The van der Waals surface area contributed by atoms with Gasteiger partial charge in [0, 0.05) is 11.0 Å². The van der Waals surface area contributed by atoms with Crippen LogP contribution in [-0.2, 0) is 6.54 Å². The number of amides is 1. The maximum Gasteiger partial charge on any atom is 0.283 e. The zero-order valence-corrected chi connectivity index (χ0v) is 17.2. The molecule has 1 amide bonds. The first-order chi connectivity index (χ1) is 12.6. The highest BCUT2D eigenvalue weighted by molar-refractivity contribution is 9.10. The number of thiazole rings is 1. The highest BCUT2D eigenvalue weighted by atomic mass is 79.9. The molecule has 0 radical (unpaired) electrons. The zero-order chi connectivity index (χ0) is 18.7. The molecule has 0 atom stereocenters. The summed E-state index contributed by atoms with van der Waals surface area (Å²) in [4.78, 5) is 17.9. The van der Waals surface area contributed by atoms with Crippen LogP contribution in [0.3, 0.4) is 0 Å². The molecule has 1 aromatic heterocycles. The van der Waals surface area contributed by atoms with Gasteiger partial charge < -0.3 is 14.0 Å². The smallest absolute Gasteiger partial charge is 0.283 e. The molecule has 0 spiro atoms. The molecule has 0 aliphatic carbocycles.